The van der Waals surface area contributed by atoms with Gasteiger partial charge in [0.2, 0.25) is 21.1 Å². The van der Waals surface area contributed by atoms with Crippen molar-refractivity contribution in [2.75, 3.05) is 24.2 Å². The van der Waals surface area contributed by atoms with Gasteiger partial charge in [-0.05, 0) is 53.1 Å². The van der Waals surface area contributed by atoms with E-state index in [4.69, 9.17) is 0 Å². The van der Waals surface area contributed by atoms with Gasteiger partial charge in [-0.25, -0.2) is 13.1 Å². The van der Waals surface area contributed by atoms with E-state index in [0.29, 0.717) is 30.5 Å². The Morgan fingerprint density at radius 3 is 2.36 bits per heavy atom. The fourth-order valence-electron chi connectivity index (χ4n) is 3.62. The number of benzene rings is 2. The number of rotatable bonds is 8. The second-order valence-electron chi connectivity index (χ2n) is 7.78. The average molecular weight is 487 g/mol. The highest BCUT2D eigenvalue weighted by molar-refractivity contribution is 7.99. The fraction of sp³-hybridized carbons (Fsp3) is 0.364. The summed E-state index contributed by atoms with van der Waals surface area (Å²) in [6.07, 6.45) is 3.90. The molecule has 0 radical (unpaired) electrons. The molecule has 11 heteroatoms. The first-order valence-corrected chi connectivity index (χ1v) is 13.3. The number of amides is 1. The number of sulfonamides is 1. The third-order valence-electron chi connectivity index (χ3n) is 5.35. The van der Waals surface area contributed by atoms with Crippen molar-refractivity contribution in [2.45, 2.75) is 42.3 Å². The number of anilines is 1. The van der Waals surface area contributed by atoms with Gasteiger partial charge < -0.3 is 5.32 Å². The van der Waals surface area contributed by atoms with E-state index in [0.717, 1.165) is 31.2 Å². The first-order valence-electron chi connectivity index (χ1n) is 10.9. The molecule has 0 bridgehead atoms. The van der Waals surface area contributed by atoms with E-state index >= 15 is 0 Å². The van der Waals surface area contributed by atoms with Crippen molar-refractivity contribution in [3.8, 4) is 0 Å². The molecular weight excluding hydrogens is 460 g/mol. The van der Waals surface area contributed by atoms with Gasteiger partial charge in [0.1, 0.15) is 0 Å². The molecule has 0 saturated carbocycles. The van der Waals surface area contributed by atoms with Crippen molar-refractivity contribution in [3.05, 3.63) is 60.2 Å². The smallest absolute Gasteiger partial charge is 0.243 e. The van der Waals surface area contributed by atoms with E-state index in [2.05, 4.69) is 20.8 Å². The first kappa shape index (κ1) is 23.4. The van der Waals surface area contributed by atoms with Crippen LogP contribution in [0.5, 0.6) is 0 Å². The zero-order chi connectivity index (χ0) is 23.1. The maximum atomic E-state index is 12.9. The second-order valence-corrected chi connectivity index (χ2v) is 10.7. The predicted octanol–water partition coefficient (Wildman–Crippen LogP) is 3.02. The van der Waals surface area contributed by atoms with Crippen LogP contribution in [-0.2, 0) is 21.4 Å². The number of carbonyl (C=O) groups is 1. The molecule has 1 saturated heterocycles. The Balaban J connectivity index is 1.32. The Morgan fingerprint density at radius 2 is 1.67 bits per heavy atom. The SMILES string of the molecule is O=C(CSc1nnnn1Cc1ccccc1)Nc1ccc(S(=O)(=O)N2CCCCCC2)cc1. The van der Waals surface area contributed by atoms with E-state index in [-0.39, 0.29) is 16.6 Å². The van der Waals surface area contributed by atoms with Crippen LogP contribution in [0.15, 0.2) is 64.6 Å². The average Bonchev–Trinajstić information content (AvgIpc) is 3.07. The third kappa shape index (κ3) is 6.18. The molecule has 3 aromatic rings. The van der Waals surface area contributed by atoms with Gasteiger partial charge in [-0.1, -0.05) is 54.9 Å². The van der Waals surface area contributed by atoms with Gasteiger partial charge in [0.05, 0.1) is 17.2 Å². The summed E-state index contributed by atoms with van der Waals surface area (Å²) in [5, 5.41) is 15.0. The van der Waals surface area contributed by atoms with Crippen LogP contribution in [0.1, 0.15) is 31.2 Å². The van der Waals surface area contributed by atoms with Gasteiger partial charge in [0, 0.05) is 18.8 Å². The molecule has 2 aromatic carbocycles. The largest absolute Gasteiger partial charge is 0.325 e. The molecular formula is C22H26N6O3S2. The first-order chi connectivity index (χ1) is 16.0. The number of tetrazole rings is 1. The monoisotopic (exact) mass is 486 g/mol. The summed E-state index contributed by atoms with van der Waals surface area (Å²) in [7, 11) is -3.51. The van der Waals surface area contributed by atoms with Crippen LogP contribution in [0.2, 0.25) is 0 Å². The van der Waals surface area contributed by atoms with Crippen molar-refractivity contribution in [2.24, 2.45) is 0 Å². The quantitative estimate of drug-likeness (QED) is 0.487. The number of hydrogen-bond donors (Lipinski definition) is 1. The molecule has 33 heavy (non-hydrogen) atoms. The van der Waals surface area contributed by atoms with Gasteiger partial charge in [-0.3, -0.25) is 4.79 Å². The lowest BCUT2D eigenvalue weighted by molar-refractivity contribution is -0.113. The molecule has 0 spiro atoms. The molecule has 1 aliphatic rings. The topological polar surface area (TPSA) is 110 Å². The van der Waals surface area contributed by atoms with Crippen LogP contribution < -0.4 is 5.32 Å². The van der Waals surface area contributed by atoms with Crippen molar-refractivity contribution < 1.29 is 13.2 Å². The van der Waals surface area contributed by atoms with E-state index in [1.54, 1.807) is 33.3 Å². The molecule has 0 aliphatic carbocycles. The lowest BCUT2D eigenvalue weighted by atomic mass is 10.2. The standard InChI is InChI=1S/C22H26N6O3S2/c29-21(17-32-22-24-25-26-28(22)16-18-8-4-3-5-9-18)23-19-10-12-20(13-11-19)33(30,31)27-14-6-1-2-7-15-27/h3-5,8-13H,1-2,6-7,14-17H2,(H,23,29). The van der Waals surface area contributed by atoms with Crippen molar-refractivity contribution in [3.63, 3.8) is 0 Å². The lowest BCUT2D eigenvalue weighted by Gasteiger charge is -2.20. The van der Waals surface area contributed by atoms with Crippen molar-refractivity contribution >= 4 is 33.4 Å². The molecule has 9 nitrogen and oxygen atoms in total. The maximum absolute atomic E-state index is 12.9. The summed E-state index contributed by atoms with van der Waals surface area (Å²) in [6.45, 7) is 1.63. The minimum absolute atomic E-state index is 0.128. The van der Waals surface area contributed by atoms with Gasteiger partial charge in [-0.15, -0.1) is 5.10 Å². The summed E-state index contributed by atoms with van der Waals surface area (Å²) in [6, 6.07) is 16.1. The molecule has 1 aliphatic heterocycles. The number of nitrogens with one attached hydrogen (secondary N) is 1. The van der Waals surface area contributed by atoms with Gasteiger partial charge >= 0.3 is 0 Å². The zero-order valence-corrected chi connectivity index (χ0v) is 19.8. The Kier molecular flexibility index (Phi) is 7.73. The van der Waals surface area contributed by atoms with Gasteiger partial charge in [0.25, 0.3) is 0 Å². The van der Waals surface area contributed by atoms with Crippen LogP contribution in [-0.4, -0.2) is 57.7 Å². The molecule has 0 unspecified atom stereocenters. The Bertz CT molecular complexity index is 1160. The molecule has 174 valence electrons. The fourth-order valence-corrected chi connectivity index (χ4v) is 5.82. The third-order valence-corrected chi connectivity index (χ3v) is 8.22. The Morgan fingerprint density at radius 1 is 0.970 bits per heavy atom. The summed E-state index contributed by atoms with van der Waals surface area (Å²) < 4.78 is 29.0. The molecule has 2 heterocycles. The molecule has 4 rings (SSSR count). The highest BCUT2D eigenvalue weighted by Gasteiger charge is 2.25. The maximum Gasteiger partial charge on any atom is 0.243 e. The number of aromatic nitrogens is 4. The predicted molar refractivity (Wildman–Crippen MR) is 126 cm³/mol. The van der Waals surface area contributed by atoms with E-state index in [9.17, 15) is 13.2 Å². The summed E-state index contributed by atoms with van der Waals surface area (Å²) >= 11 is 1.24. The minimum atomic E-state index is -3.51. The van der Waals surface area contributed by atoms with E-state index in [1.165, 1.54) is 11.8 Å². The molecule has 1 N–H and O–H groups in total. The van der Waals surface area contributed by atoms with E-state index in [1.807, 2.05) is 30.3 Å². The molecule has 1 amide bonds. The van der Waals surface area contributed by atoms with Gasteiger partial charge in [-0.2, -0.15) is 4.31 Å². The van der Waals surface area contributed by atoms with Gasteiger partial charge in [0.15, 0.2) is 0 Å². The highest BCUT2D eigenvalue weighted by Crippen LogP contribution is 2.22. The van der Waals surface area contributed by atoms with Crippen LogP contribution in [0, 0.1) is 0 Å². The number of carbonyl (C=O) groups excluding carboxylic acids is 1. The van der Waals surface area contributed by atoms with Crippen molar-refractivity contribution in [1.29, 1.82) is 0 Å². The normalized spacial score (nSPS) is 15.2. The summed E-state index contributed by atoms with van der Waals surface area (Å²) in [4.78, 5) is 12.7. The number of thioether (sulfide) groups is 1. The van der Waals surface area contributed by atoms with E-state index < -0.39 is 10.0 Å². The number of nitrogens with zero attached hydrogens (tertiary/aromatic N) is 5. The number of hydrogen-bond acceptors (Lipinski definition) is 7. The van der Waals surface area contributed by atoms with Crippen molar-refractivity contribution in [1.82, 2.24) is 24.5 Å². The second kappa shape index (κ2) is 10.9. The summed E-state index contributed by atoms with van der Waals surface area (Å²) in [5.41, 5.74) is 1.60. The molecule has 0 atom stereocenters. The molecule has 1 aromatic heterocycles. The zero-order valence-electron chi connectivity index (χ0n) is 18.1. The Labute approximate surface area is 197 Å². The van der Waals surface area contributed by atoms with Crippen LogP contribution in [0.4, 0.5) is 5.69 Å². The lowest BCUT2D eigenvalue weighted by Crippen LogP contribution is -2.31. The molecule has 1 fully saturated rings. The Hall–Kier alpha value is -2.76. The van der Waals surface area contributed by atoms with Crippen LogP contribution in [0.25, 0.3) is 0 Å². The summed E-state index contributed by atoms with van der Waals surface area (Å²) in [5.74, 6) is -0.0967. The highest BCUT2D eigenvalue weighted by atomic mass is 32.2. The van der Waals surface area contributed by atoms with Crippen LogP contribution in [0.3, 0.4) is 0 Å². The minimum Gasteiger partial charge on any atom is -0.325 e. The van der Waals surface area contributed by atoms with Crippen LogP contribution >= 0.6 is 11.8 Å².